The Kier molecular flexibility index (Phi) is 3.06. The zero-order valence-corrected chi connectivity index (χ0v) is 7.90. The number of carbonyl (C=O) groups is 1. The number of rotatable bonds is 4. The van der Waals surface area contributed by atoms with Crippen molar-refractivity contribution in [1.82, 2.24) is 9.78 Å². The van der Waals surface area contributed by atoms with Gasteiger partial charge in [-0.1, -0.05) is 13.3 Å². The largest absolute Gasteiger partial charge is 0.478 e. The van der Waals surface area contributed by atoms with Crippen LogP contribution in [0.3, 0.4) is 0 Å². The van der Waals surface area contributed by atoms with Crippen molar-refractivity contribution >= 4 is 5.97 Å². The molecule has 1 heterocycles. The maximum absolute atomic E-state index is 10.5. The summed E-state index contributed by atoms with van der Waals surface area (Å²) in [7, 11) is 0. The summed E-state index contributed by atoms with van der Waals surface area (Å²) in [4.78, 5) is 10.5. The molecule has 0 aliphatic rings. The minimum Gasteiger partial charge on any atom is -0.478 e. The van der Waals surface area contributed by atoms with Crippen LogP contribution < -0.4 is 0 Å². The molecule has 0 aliphatic heterocycles. The van der Waals surface area contributed by atoms with Crippen LogP contribution in [0.1, 0.15) is 43.1 Å². The molecule has 72 valence electrons. The van der Waals surface area contributed by atoms with Gasteiger partial charge in [-0.3, -0.25) is 4.68 Å². The van der Waals surface area contributed by atoms with E-state index in [9.17, 15) is 4.79 Å². The summed E-state index contributed by atoms with van der Waals surface area (Å²) >= 11 is 0. The van der Waals surface area contributed by atoms with Crippen LogP contribution in [0.5, 0.6) is 0 Å². The lowest BCUT2D eigenvalue weighted by atomic mass is 10.2. The molecule has 0 amide bonds. The lowest BCUT2D eigenvalue weighted by Crippen LogP contribution is -2.05. The molecule has 1 atom stereocenters. The molecule has 4 nitrogen and oxygen atoms in total. The van der Waals surface area contributed by atoms with Crippen molar-refractivity contribution in [1.29, 1.82) is 0 Å². The monoisotopic (exact) mass is 182 g/mol. The van der Waals surface area contributed by atoms with Gasteiger partial charge in [0.15, 0.2) is 0 Å². The van der Waals surface area contributed by atoms with Crippen molar-refractivity contribution in [3.05, 3.63) is 18.0 Å². The van der Waals surface area contributed by atoms with Crippen LogP contribution in [0.15, 0.2) is 12.4 Å². The molecule has 0 fully saturated rings. The Balaban J connectivity index is 2.73. The van der Waals surface area contributed by atoms with Crippen LogP contribution in [0, 0.1) is 0 Å². The molecule has 1 unspecified atom stereocenters. The highest BCUT2D eigenvalue weighted by molar-refractivity contribution is 5.86. The van der Waals surface area contributed by atoms with Gasteiger partial charge < -0.3 is 5.11 Å². The van der Waals surface area contributed by atoms with Gasteiger partial charge in [0, 0.05) is 12.2 Å². The van der Waals surface area contributed by atoms with Crippen LogP contribution >= 0.6 is 0 Å². The average molecular weight is 182 g/mol. The van der Waals surface area contributed by atoms with E-state index in [-0.39, 0.29) is 11.6 Å². The number of nitrogens with zero attached hydrogens (tertiary/aromatic N) is 2. The van der Waals surface area contributed by atoms with Crippen molar-refractivity contribution in [2.24, 2.45) is 0 Å². The fourth-order valence-corrected chi connectivity index (χ4v) is 1.24. The average Bonchev–Trinajstić information content (AvgIpc) is 2.52. The minimum absolute atomic E-state index is 0.253. The number of hydrogen-bond acceptors (Lipinski definition) is 2. The zero-order valence-electron chi connectivity index (χ0n) is 7.90. The Morgan fingerprint density at radius 1 is 1.77 bits per heavy atom. The van der Waals surface area contributed by atoms with Gasteiger partial charge in [0.2, 0.25) is 0 Å². The Morgan fingerprint density at radius 2 is 2.46 bits per heavy atom. The minimum atomic E-state index is -0.921. The van der Waals surface area contributed by atoms with E-state index in [1.54, 1.807) is 10.9 Å². The van der Waals surface area contributed by atoms with E-state index >= 15 is 0 Å². The van der Waals surface area contributed by atoms with Crippen LogP contribution in [0.25, 0.3) is 0 Å². The van der Waals surface area contributed by atoms with Crippen LogP contribution in [-0.2, 0) is 0 Å². The van der Waals surface area contributed by atoms with E-state index in [1.165, 1.54) is 6.20 Å². The molecule has 1 aromatic rings. The Hall–Kier alpha value is -1.32. The Bertz CT molecular complexity index is 294. The summed E-state index contributed by atoms with van der Waals surface area (Å²) in [6.07, 6.45) is 5.04. The van der Waals surface area contributed by atoms with Crippen molar-refractivity contribution < 1.29 is 9.90 Å². The molecule has 1 aromatic heterocycles. The second-order valence-corrected chi connectivity index (χ2v) is 3.15. The highest BCUT2D eigenvalue weighted by Gasteiger charge is 2.09. The fourth-order valence-electron chi connectivity index (χ4n) is 1.24. The van der Waals surface area contributed by atoms with E-state index in [0.29, 0.717) is 0 Å². The van der Waals surface area contributed by atoms with E-state index in [0.717, 1.165) is 12.8 Å². The Labute approximate surface area is 77.2 Å². The summed E-state index contributed by atoms with van der Waals surface area (Å²) in [5.74, 6) is -0.921. The second-order valence-electron chi connectivity index (χ2n) is 3.15. The van der Waals surface area contributed by atoms with Crippen molar-refractivity contribution in [2.45, 2.75) is 32.7 Å². The molecule has 0 bridgehead atoms. The summed E-state index contributed by atoms with van der Waals surface area (Å²) < 4.78 is 1.70. The molecule has 0 saturated carbocycles. The quantitative estimate of drug-likeness (QED) is 0.774. The van der Waals surface area contributed by atoms with Crippen molar-refractivity contribution in [3.63, 3.8) is 0 Å². The number of aromatic nitrogens is 2. The molecule has 1 rings (SSSR count). The van der Waals surface area contributed by atoms with Gasteiger partial charge >= 0.3 is 5.97 Å². The molecule has 0 aromatic carbocycles. The SMILES string of the molecule is CCCC(C)n1cc(C(=O)O)cn1. The molecule has 4 heteroatoms. The van der Waals surface area contributed by atoms with Gasteiger partial charge in [0.05, 0.1) is 11.8 Å². The summed E-state index contributed by atoms with van der Waals surface area (Å²) in [6.45, 7) is 4.13. The second kappa shape index (κ2) is 4.07. The van der Waals surface area contributed by atoms with Crippen molar-refractivity contribution in [2.75, 3.05) is 0 Å². The first kappa shape index (κ1) is 9.77. The normalized spacial score (nSPS) is 12.8. The predicted molar refractivity (Wildman–Crippen MR) is 48.8 cm³/mol. The first-order chi connectivity index (χ1) is 6.15. The highest BCUT2D eigenvalue weighted by atomic mass is 16.4. The summed E-state index contributed by atoms with van der Waals surface area (Å²) in [5.41, 5.74) is 0.253. The third-order valence-electron chi connectivity index (χ3n) is 2.01. The van der Waals surface area contributed by atoms with Gasteiger partial charge in [-0.25, -0.2) is 4.79 Å². The van der Waals surface area contributed by atoms with Crippen LogP contribution in [-0.4, -0.2) is 20.9 Å². The number of aromatic carboxylic acids is 1. The highest BCUT2D eigenvalue weighted by Crippen LogP contribution is 2.12. The standard InChI is InChI=1S/C9H14N2O2/c1-3-4-7(2)11-6-8(5-10-11)9(12)13/h5-7H,3-4H2,1-2H3,(H,12,13). The number of carboxylic acid groups (broad SMARTS) is 1. The van der Waals surface area contributed by atoms with E-state index in [1.807, 2.05) is 6.92 Å². The third kappa shape index (κ3) is 2.31. The van der Waals surface area contributed by atoms with Crippen LogP contribution in [0.2, 0.25) is 0 Å². The number of carboxylic acids is 1. The predicted octanol–water partition coefficient (Wildman–Crippen LogP) is 1.94. The first-order valence-corrected chi connectivity index (χ1v) is 4.42. The molecule has 0 spiro atoms. The van der Waals surface area contributed by atoms with Gasteiger partial charge in [-0.15, -0.1) is 0 Å². The molecule has 0 radical (unpaired) electrons. The van der Waals surface area contributed by atoms with Gasteiger partial charge in [0.1, 0.15) is 0 Å². The maximum Gasteiger partial charge on any atom is 0.338 e. The molecule has 1 N–H and O–H groups in total. The topological polar surface area (TPSA) is 55.1 Å². The molecule has 0 aliphatic carbocycles. The summed E-state index contributed by atoms with van der Waals surface area (Å²) in [6, 6.07) is 0.276. The molecule has 13 heavy (non-hydrogen) atoms. The smallest absolute Gasteiger partial charge is 0.338 e. The van der Waals surface area contributed by atoms with Gasteiger partial charge in [-0.2, -0.15) is 5.10 Å². The third-order valence-corrected chi connectivity index (χ3v) is 2.01. The number of hydrogen-bond donors (Lipinski definition) is 1. The van der Waals surface area contributed by atoms with Gasteiger partial charge in [0.25, 0.3) is 0 Å². The lowest BCUT2D eigenvalue weighted by molar-refractivity contribution is 0.0696. The lowest BCUT2D eigenvalue weighted by Gasteiger charge is -2.09. The molecule has 0 saturated heterocycles. The molecular weight excluding hydrogens is 168 g/mol. The van der Waals surface area contributed by atoms with E-state index < -0.39 is 5.97 Å². The first-order valence-electron chi connectivity index (χ1n) is 4.42. The van der Waals surface area contributed by atoms with E-state index in [4.69, 9.17) is 5.11 Å². The fraction of sp³-hybridized carbons (Fsp3) is 0.556. The van der Waals surface area contributed by atoms with Gasteiger partial charge in [-0.05, 0) is 13.3 Å². The van der Waals surface area contributed by atoms with E-state index in [2.05, 4.69) is 12.0 Å². The molecular formula is C9H14N2O2. The van der Waals surface area contributed by atoms with Crippen molar-refractivity contribution in [3.8, 4) is 0 Å². The maximum atomic E-state index is 10.5. The zero-order chi connectivity index (χ0) is 9.84. The Morgan fingerprint density at radius 3 is 2.92 bits per heavy atom. The van der Waals surface area contributed by atoms with Crippen LogP contribution in [0.4, 0.5) is 0 Å². The summed E-state index contributed by atoms with van der Waals surface area (Å²) in [5, 5.41) is 12.6.